The number of aromatic hydroxyl groups is 1. The molecule has 0 radical (unpaired) electrons. The van der Waals surface area contributed by atoms with Crippen LogP contribution in [0.1, 0.15) is 42.6 Å². The molecule has 0 aliphatic heterocycles. The fraction of sp³-hybridized carbons (Fsp3) is 0.294. The van der Waals surface area contributed by atoms with Crippen molar-refractivity contribution in [2.45, 2.75) is 32.9 Å². The molecule has 0 spiro atoms. The minimum atomic E-state index is 0.0434. The van der Waals surface area contributed by atoms with Gasteiger partial charge in [-0.15, -0.1) is 0 Å². The second-order valence-corrected chi connectivity index (χ2v) is 5.60. The molecule has 2 aromatic carbocycles. The van der Waals surface area contributed by atoms with Gasteiger partial charge in [0.25, 0.3) is 0 Å². The third kappa shape index (κ3) is 3.33. The van der Waals surface area contributed by atoms with Crippen LogP contribution in [0.3, 0.4) is 0 Å². The fourth-order valence-electron chi connectivity index (χ4n) is 2.40. The average molecular weight is 290 g/mol. The van der Waals surface area contributed by atoms with Gasteiger partial charge in [0, 0.05) is 22.7 Å². The van der Waals surface area contributed by atoms with Gasteiger partial charge in [-0.1, -0.05) is 41.9 Å². The molecule has 2 rings (SSSR count). The lowest BCUT2D eigenvalue weighted by molar-refractivity contribution is 0.438. The molecular formula is C17H20ClNO. The van der Waals surface area contributed by atoms with E-state index in [4.69, 9.17) is 11.6 Å². The Balaban J connectivity index is 2.15. The van der Waals surface area contributed by atoms with Crippen LogP contribution < -0.4 is 5.32 Å². The molecule has 0 aromatic heterocycles. The first-order valence-corrected chi connectivity index (χ1v) is 7.17. The van der Waals surface area contributed by atoms with Gasteiger partial charge in [-0.2, -0.15) is 0 Å². The molecule has 0 fully saturated rings. The van der Waals surface area contributed by atoms with Crippen LogP contribution >= 0.6 is 11.6 Å². The van der Waals surface area contributed by atoms with E-state index < -0.39 is 0 Å². The Labute approximate surface area is 125 Å². The molecular weight excluding hydrogens is 270 g/mol. The van der Waals surface area contributed by atoms with E-state index in [0.717, 1.165) is 21.7 Å². The minimum absolute atomic E-state index is 0.0434. The normalized spacial score (nSPS) is 14.0. The lowest BCUT2D eigenvalue weighted by Crippen LogP contribution is -2.22. The van der Waals surface area contributed by atoms with E-state index in [1.807, 2.05) is 50.2 Å². The predicted octanol–water partition coefficient (Wildman–Crippen LogP) is 4.77. The Morgan fingerprint density at radius 3 is 2.30 bits per heavy atom. The van der Waals surface area contributed by atoms with Crippen molar-refractivity contribution < 1.29 is 5.11 Å². The maximum Gasteiger partial charge on any atom is 0.120 e. The van der Waals surface area contributed by atoms with Gasteiger partial charge in [0.05, 0.1) is 0 Å². The Hall–Kier alpha value is -1.51. The van der Waals surface area contributed by atoms with Gasteiger partial charge >= 0.3 is 0 Å². The van der Waals surface area contributed by atoms with Gasteiger partial charge in [0.15, 0.2) is 0 Å². The van der Waals surface area contributed by atoms with Gasteiger partial charge < -0.3 is 10.4 Å². The summed E-state index contributed by atoms with van der Waals surface area (Å²) >= 11 is 6.21. The third-order valence-corrected chi connectivity index (χ3v) is 3.87. The third-order valence-electron chi connectivity index (χ3n) is 3.52. The van der Waals surface area contributed by atoms with E-state index in [-0.39, 0.29) is 12.1 Å². The molecule has 2 aromatic rings. The highest BCUT2D eigenvalue weighted by atomic mass is 35.5. The Morgan fingerprint density at radius 1 is 1.00 bits per heavy atom. The van der Waals surface area contributed by atoms with Crippen molar-refractivity contribution in [2.75, 3.05) is 0 Å². The monoisotopic (exact) mass is 289 g/mol. The highest BCUT2D eigenvalue weighted by Crippen LogP contribution is 2.29. The van der Waals surface area contributed by atoms with E-state index in [9.17, 15) is 5.11 Å². The van der Waals surface area contributed by atoms with Crippen LogP contribution in [-0.2, 0) is 0 Å². The summed E-state index contributed by atoms with van der Waals surface area (Å²) in [6.45, 7) is 6.08. The summed E-state index contributed by atoms with van der Waals surface area (Å²) in [6, 6.07) is 13.7. The Kier molecular flexibility index (Phi) is 4.69. The zero-order valence-corrected chi connectivity index (χ0v) is 12.8. The number of phenols is 1. The molecule has 20 heavy (non-hydrogen) atoms. The maximum atomic E-state index is 10.0. The van der Waals surface area contributed by atoms with Crippen LogP contribution in [0.2, 0.25) is 5.02 Å². The number of phenolic OH excluding ortho intramolecular Hbond substituents is 1. The number of rotatable bonds is 4. The van der Waals surface area contributed by atoms with Gasteiger partial charge in [-0.25, -0.2) is 0 Å². The summed E-state index contributed by atoms with van der Waals surface area (Å²) in [7, 11) is 0. The van der Waals surface area contributed by atoms with Crippen molar-refractivity contribution in [3.63, 3.8) is 0 Å². The van der Waals surface area contributed by atoms with Crippen LogP contribution in [-0.4, -0.2) is 5.11 Å². The topological polar surface area (TPSA) is 32.3 Å². The van der Waals surface area contributed by atoms with Crippen molar-refractivity contribution >= 4 is 11.6 Å². The van der Waals surface area contributed by atoms with Crippen LogP contribution in [0.5, 0.6) is 5.75 Å². The highest BCUT2D eigenvalue weighted by molar-refractivity contribution is 6.31. The molecule has 0 aliphatic rings. The number of nitrogens with one attached hydrogen (secondary N) is 1. The van der Waals surface area contributed by atoms with Crippen LogP contribution in [0.4, 0.5) is 0 Å². The first-order valence-electron chi connectivity index (χ1n) is 6.79. The number of halogens is 1. The van der Waals surface area contributed by atoms with Gasteiger partial charge in [0.2, 0.25) is 0 Å². The van der Waals surface area contributed by atoms with Crippen LogP contribution in [0.15, 0.2) is 42.5 Å². The van der Waals surface area contributed by atoms with E-state index >= 15 is 0 Å². The molecule has 0 aliphatic carbocycles. The minimum Gasteiger partial charge on any atom is -0.508 e. The molecule has 2 nitrogen and oxygen atoms in total. The first-order chi connectivity index (χ1) is 9.49. The second kappa shape index (κ2) is 6.29. The standard InChI is InChI=1S/C17H20ClNO/c1-11-8-9-15(17(20)10-11)13(3)19-12(2)14-6-4-5-7-16(14)18/h4-10,12-13,19-20H,1-3H3/t12-,13?/m1/s1. The number of hydrogen-bond donors (Lipinski definition) is 2. The molecule has 3 heteroatoms. The zero-order chi connectivity index (χ0) is 14.7. The lowest BCUT2D eigenvalue weighted by Gasteiger charge is -2.22. The maximum absolute atomic E-state index is 10.0. The predicted molar refractivity (Wildman–Crippen MR) is 84.3 cm³/mol. The quantitative estimate of drug-likeness (QED) is 0.850. The molecule has 0 saturated heterocycles. The van der Waals surface area contributed by atoms with Gasteiger partial charge in [-0.3, -0.25) is 0 Å². The lowest BCUT2D eigenvalue weighted by atomic mass is 10.0. The zero-order valence-electron chi connectivity index (χ0n) is 12.0. The summed E-state index contributed by atoms with van der Waals surface area (Å²) in [5.41, 5.74) is 3.01. The summed E-state index contributed by atoms with van der Waals surface area (Å²) in [5, 5.41) is 14.3. The van der Waals surface area contributed by atoms with Crippen molar-refractivity contribution in [3.05, 3.63) is 64.2 Å². The number of benzene rings is 2. The van der Waals surface area contributed by atoms with Crippen molar-refractivity contribution in [1.29, 1.82) is 0 Å². The highest BCUT2D eigenvalue weighted by Gasteiger charge is 2.15. The summed E-state index contributed by atoms with van der Waals surface area (Å²) in [4.78, 5) is 0. The second-order valence-electron chi connectivity index (χ2n) is 5.19. The van der Waals surface area contributed by atoms with Crippen molar-refractivity contribution in [1.82, 2.24) is 5.32 Å². The van der Waals surface area contributed by atoms with E-state index in [1.165, 1.54) is 0 Å². The molecule has 0 heterocycles. The molecule has 0 saturated carbocycles. The van der Waals surface area contributed by atoms with Crippen molar-refractivity contribution in [2.24, 2.45) is 0 Å². The average Bonchev–Trinajstić information content (AvgIpc) is 2.38. The fourth-order valence-corrected chi connectivity index (χ4v) is 2.70. The smallest absolute Gasteiger partial charge is 0.120 e. The number of hydrogen-bond acceptors (Lipinski definition) is 2. The summed E-state index contributed by atoms with van der Waals surface area (Å²) < 4.78 is 0. The molecule has 2 atom stereocenters. The van der Waals surface area contributed by atoms with Gasteiger partial charge in [-0.05, 0) is 44.0 Å². The molecule has 0 bridgehead atoms. The largest absolute Gasteiger partial charge is 0.508 e. The van der Waals surface area contributed by atoms with E-state index in [2.05, 4.69) is 12.2 Å². The first kappa shape index (κ1) is 14.9. The molecule has 2 N–H and O–H groups in total. The van der Waals surface area contributed by atoms with E-state index in [0.29, 0.717) is 5.75 Å². The summed E-state index contributed by atoms with van der Waals surface area (Å²) in [6.07, 6.45) is 0. The Bertz CT molecular complexity index is 597. The Morgan fingerprint density at radius 2 is 1.65 bits per heavy atom. The van der Waals surface area contributed by atoms with Gasteiger partial charge in [0.1, 0.15) is 5.75 Å². The molecule has 1 unspecified atom stereocenters. The molecule has 0 amide bonds. The van der Waals surface area contributed by atoms with E-state index in [1.54, 1.807) is 6.07 Å². The molecule has 106 valence electrons. The SMILES string of the molecule is Cc1ccc(C(C)N[C@H](C)c2ccccc2Cl)c(O)c1. The number of aryl methyl sites for hydroxylation is 1. The van der Waals surface area contributed by atoms with Crippen LogP contribution in [0.25, 0.3) is 0 Å². The summed E-state index contributed by atoms with van der Waals surface area (Å²) in [5.74, 6) is 0.330. The van der Waals surface area contributed by atoms with Crippen LogP contribution in [0, 0.1) is 6.92 Å². The van der Waals surface area contributed by atoms with Crippen molar-refractivity contribution in [3.8, 4) is 5.75 Å².